The predicted octanol–water partition coefficient (Wildman–Crippen LogP) is 1.02. The van der Waals surface area contributed by atoms with Crippen molar-refractivity contribution in [2.24, 2.45) is 5.73 Å². The average Bonchev–Trinajstić information content (AvgIpc) is 2.22. The molecule has 0 unspecified atom stereocenters. The number of hydrogen-bond acceptors (Lipinski definition) is 4. The summed E-state index contributed by atoms with van der Waals surface area (Å²) < 4.78 is 10.4. The zero-order valence-electron chi connectivity index (χ0n) is 9.83. The molecule has 0 amide bonds. The van der Waals surface area contributed by atoms with Crippen molar-refractivity contribution in [3.05, 3.63) is 23.0 Å². The van der Waals surface area contributed by atoms with E-state index in [1.165, 1.54) is 0 Å². The van der Waals surface area contributed by atoms with E-state index >= 15 is 0 Å². The van der Waals surface area contributed by atoms with Gasteiger partial charge in [0.05, 0.1) is 25.2 Å². The lowest BCUT2D eigenvalue weighted by atomic mass is 10.0. The second-order valence-electron chi connectivity index (χ2n) is 3.52. The molecule has 0 atom stereocenters. The number of pyridine rings is 1. The van der Waals surface area contributed by atoms with Gasteiger partial charge < -0.3 is 15.2 Å². The van der Waals surface area contributed by atoms with Crippen molar-refractivity contribution in [3.8, 4) is 5.75 Å². The lowest BCUT2D eigenvalue weighted by Gasteiger charge is -2.14. The lowest BCUT2D eigenvalue weighted by Crippen LogP contribution is -2.16. The van der Waals surface area contributed by atoms with Gasteiger partial charge in [-0.15, -0.1) is 0 Å². The zero-order valence-corrected chi connectivity index (χ0v) is 9.83. The monoisotopic (exact) mass is 223 g/mol. The standard InChI is InChI=1S/C11H17N3O2/c1-7-11(16-3)9(4-10(12)13)8(5-14-7)6-15-2/h5H,4,6H2,1-3H3,(H3,12,13). The summed E-state index contributed by atoms with van der Waals surface area (Å²) in [6.07, 6.45) is 2.09. The summed E-state index contributed by atoms with van der Waals surface area (Å²) in [5.41, 5.74) is 8.00. The predicted molar refractivity (Wildman–Crippen MR) is 61.9 cm³/mol. The number of nitrogens with one attached hydrogen (secondary N) is 1. The van der Waals surface area contributed by atoms with Crippen LogP contribution in [0.2, 0.25) is 0 Å². The van der Waals surface area contributed by atoms with Crippen LogP contribution in [0.3, 0.4) is 0 Å². The Morgan fingerprint density at radius 1 is 1.50 bits per heavy atom. The fourth-order valence-electron chi connectivity index (χ4n) is 1.61. The third-order valence-corrected chi connectivity index (χ3v) is 2.28. The van der Waals surface area contributed by atoms with E-state index in [2.05, 4.69) is 4.98 Å². The molecule has 0 spiro atoms. The van der Waals surface area contributed by atoms with Gasteiger partial charge in [0.15, 0.2) is 0 Å². The zero-order chi connectivity index (χ0) is 12.1. The molecule has 0 aliphatic carbocycles. The van der Waals surface area contributed by atoms with Gasteiger partial charge in [0.2, 0.25) is 0 Å². The number of methoxy groups -OCH3 is 2. The number of aromatic nitrogens is 1. The van der Waals surface area contributed by atoms with Gasteiger partial charge in [0.25, 0.3) is 0 Å². The number of nitrogens with two attached hydrogens (primary N) is 1. The van der Waals surface area contributed by atoms with Gasteiger partial charge in [-0.25, -0.2) is 0 Å². The molecule has 0 fully saturated rings. The Morgan fingerprint density at radius 2 is 2.19 bits per heavy atom. The molecule has 3 N–H and O–H groups in total. The minimum atomic E-state index is 0.0984. The first-order valence-electron chi connectivity index (χ1n) is 4.93. The topological polar surface area (TPSA) is 81.2 Å². The van der Waals surface area contributed by atoms with Crippen molar-refractivity contribution in [1.29, 1.82) is 5.41 Å². The lowest BCUT2D eigenvalue weighted by molar-refractivity contribution is 0.183. The normalized spacial score (nSPS) is 10.2. The van der Waals surface area contributed by atoms with E-state index in [1.54, 1.807) is 20.4 Å². The molecule has 1 aromatic rings. The summed E-state index contributed by atoms with van der Waals surface area (Å²) in [6.45, 7) is 2.30. The van der Waals surface area contributed by atoms with Gasteiger partial charge in [-0.1, -0.05) is 0 Å². The van der Waals surface area contributed by atoms with E-state index in [0.29, 0.717) is 18.8 Å². The Kier molecular flexibility index (Phi) is 4.25. The molecule has 5 nitrogen and oxygen atoms in total. The summed E-state index contributed by atoms with van der Waals surface area (Å²) >= 11 is 0. The first-order chi connectivity index (χ1) is 7.60. The number of rotatable bonds is 5. The Morgan fingerprint density at radius 3 is 2.69 bits per heavy atom. The van der Waals surface area contributed by atoms with Crippen LogP contribution in [0, 0.1) is 12.3 Å². The smallest absolute Gasteiger partial charge is 0.144 e. The summed E-state index contributed by atoms with van der Waals surface area (Å²) in [5.74, 6) is 0.783. The van der Waals surface area contributed by atoms with Crippen LogP contribution in [-0.2, 0) is 17.8 Å². The van der Waals surface area contributed by atoms with Gasteiger partial charge in [0.1, 0.15) is 5.75 Å². The Labute approximate surface area is 95.1 Å². The highest BCUT2D eigenvalue weighted by molar-refractivity contribution is 5.80. The van der Waals surface area contributed by atoms with Gasteiger partial charge in [0, 0.05) is 30.9 Å². The van der Waals surface area contributed by atoms with Gasteiger partial charge >= 0.3 is 0 Å². The van der Waals surface area contributed by atoms with E-state index in [0.717, 1.165) is 16.8 Å². The molecule has 1 heterocycles. The van der Waals surface area contributed by atoms with E-state index in [1.807, 2.05) is 6.92 Å². The minimum Gasteiger partial charge on any atom is -0.495 e. The van der Waals surface area contributed by atoms with Crippen LogP contribution in [0.1, 0.15) is 16.8 Å². The van der Waals surface area contributed by atoms with E-state index in [9.17, 15) is 0 Å². The first-order valence-corrected chi connectivity index (χ1v) is 4.93. The Hall–Kier alpha value is -1.62. The van der Waals surface area contributed by atoms with Crippen LogP contribution in [0.15, 0.2) is 6.20 Å². The number of aryl methyl sites for hydroxylation is 1. The molecule has 0 radical (unpaired) electrons. The minimum absolute atomic E-state index is 0.0984. The molecule has 16 heavy (non-hydrogen) atoms. The van der Waals surface area contributed by atoms with Crippen LogP contribution >= 0.6 is 0 Å². The Balaban J connectivity index is 3.22. The van der Waals surface area contributed by atoms with Gasteiger partial charge in [-0.2, -0.15) is 0 Å². The van der Waals surface area contributed by atoms with E-state index in [-0.39, 0.29) is 5.84 Å². The van der Waals surface area contributed by atoms with Crippen LogP contribution < -0.4 is 10.5 Å². The van der Waals surface area contributed by atoms with Crippen molar-refractivity contribution in [2.75, 3.05) is 14.2 Å². The van der Waals surface area contributed by atoms with E-state index < -0.39 is 0 Å². The van der Waals surface area contributed by atoms with Crippen LogP contribution in [-0.4, -0.2) is 25.0 Å². The molecule has 1 rings (SSSR count). The fourth-order valence-corrected chi connectivity index (χ4v) is 1.61. The Bertz CT molecular complexity index is 391. The van der Waals surface area contributed by atoms with Crippen molar-refractivity contribution in [1.82, 2.24) is 4.98 Å². The van der Waals surface area contributed by atoms with Crippen LogP contribution in [0.4, 0.5) is 0 Å². The summed E-state index contributed by atoms with van der Waals surface area (Å²) in [7, 11) is 3.20. The van der Waals surface area contributed by atoms with Crippen molar-refractivity contribution in [2.45, 2.75) is 20.0 Å². The quantitative estimate of drug-likeness (QED) is 0.577. The van der Waals surface area contributed by atoms with Crippen LogP contribution in [0.5, 0.6) is 5.75 Å². The summed E-state index contributed by atoms with van der Waals surface area (Å²) in [5, 5.41) is 7.36. The molecular formula is C11H17N3O2. The largest absolute Gasteiger partial charge is 0.495 e. The highest BCUT2D eigenvalue weighted by Crippen LogP contribution is 2.25. The molecule has 1 aromatic heterocycles. The molecule has 0 aliphatic heterocycles. The molecular weight excluding hydrogens is 206 g/mol. The SMILES string of the molecule is COCc1cnc(C)c(OC)c1CC(=N)N. The number of hydrogen-bond donors (Lipinski definition) is 2. The van der Waals surface area contributed by atoms with Crippen LogP contribution in [0.25, 0.3) is 0 Å². The van der Waals surface area contributed by atoms with Gasteiger partial charge in [-0.05, 0) is 6.92 Å². The molecule has 0 saturated heterocycles. The molecule has 5 heteroatoms. The molecule has 0 saturated carbocycles. The van der Waals surface area contributed by atoms with Crippen molar-refractivity contribution < 1.29 is 9.47 Å². The first kappa shape index (κ1) is 12.4. The summed E-state index contributed by atoms with van der Waals surface area (Å²) in [4.78, 5) is 4.22. The summed E-state index contributed by atoms with van der Waals surface area (Å²) in [6, 6.07) is 0. The fraction of sp³-hybridized carbons (Fsp3) is 0.455. The maximum Gasteiger partial charge on any atom is 0.144 e. The number of nitrogens with zero attached hydrogens (tertiary/aromatic N) is 1. The second-order valence-corrected chi connectivity index (χ2v) is 3.52. The van der Waals surface area contributed by atoms with Gasteiger partial charge in [-0.3, -0.25) is 10.4 Å². The molecule has 0 bridgehead atoms. The number of ether oxygens (including phenoxy) is 2. The third-order valence-electron chi connectivity index (χ3n) is 2.28. The third kappa shape index (κ3) is 2.70. The maximum absolute atomic E-state index is 7.36. The van der Waals surface area contributed by atoms with E-state index in [4.69, 9.17) is 20.6 Å². The second kappa shape index (κ2) is 5.46. The maximum atomic E-state index is 7.36. The average molecular weight is 223 g/mol. The molecule has 0 aromatic carbocycles. The highest BCUT2D eigenvalue weighted by Gasteiger charge is 2.13. The number of amidine groups is 1. The molecule has 0 aliphatic rings. The van der Waals surface area contributed by atoms with Crippen molar-refractivity contribution >= 4 is 5.84 Å². The highest BCUT2D eigenvalue weighted by atomic mass is 16.5. The van der Waals surface area contributed by atoms with Crippen molar-refractivity contribution in [3.63, 3.8) is 0 Å². The molecule has 88 valence electrons.